The Labute approximate surface area is 207 Å². The number of methoxy groups -OCH3 is 1. The normalized spacial score (nSPS) is 14.9. The van der Waals surface area contributed by atoms with Gasteiger partial charge in [-0.3, -0.25) is 0 Å². The van der Waals surface area contributed by atoms with Gasteiger partial charge < -0.3 is 23.7 Å². The molecule has 0 saturated carbocycles. The van der Waals surface area contributed by atoms with E-state index in [4.69, 9.17) is 14.2 Å². The fourth-order valence-electron chi connectivity index (χ4n) is 1.69. The van der Waals surface area contributed by atoms with Crippen molar-refractivity contribution in [3.63, 3.8) is 0 Å². The molecule has 14 heteroatoms. The van der Waals surface area contributed by atoms with E-state index in [1.165, 1.54) is 0 Å². The maximum Gasteiger partial charge on any atom is 0.423 e. The summed E-state index contributed by atoms with van der Waals surface area (Å²) in [6.07, 6.45) is -16.1. The lowest BCUT2D eigenvalue weighted by Gasteiger charge is -2.23. The van der Waals surface area contributed by atoms with Gasteiger partial charge in [0.1, 0.15) is 6.61 Å². The van der Waals surface area contributed by atoms with Crippen molar-refractivity contribution in [1.82, 2.24) is 0 Å². The van der Waals surface area contributed by atoms with Crippen molar-refractivity contribution in [2.75, 3.05) is 40.1 Å². The molecular formula is C22H41F9O5. The Bertz CT molecular complexity index is 468. The lowest BCUT2D eigenvalue weighted by Crippen LogP contribution is -2.44. The molecule has 0 saturated heterocycles. The number of hydrogen-bond donors (Lipinski definition) is 0. The average Bonchev–Trinajstić information content (AvgIpc) is 2.75. The molecule has 0 aromatic rings. The van der Waals surface area contributed by atoms with Crippen molar-refractivity contribution in [3.05, 3.63) is 0 Å². The Hall–Kier alpha value is -0.830. The Morgan fingerprint density at radius 2 is 0.917 bits per heavy atom. The van der Waals surface area contributed by atoms with Gasteiger partial charge in [0, 0.05) is 7.11 Å². The highest BCUT2D eigenvalue weighted by Gasteiger charge is 2.57. The minimum atomic E-state index is -5.46. The minimum Gasteiger partial charge on any atom is -0.382 e. The number of halogens is 9. The van der Waals surface area contributed by atoms with E-state index in [2.05, 4.69) is 23.3 Å². The van der Waals surface area contributed by atoms with E-state index in [-0.39, 0.29) is 32.0 Å². The third kappa shape index (κ3) is 27.8. The van der Waals surface area contributed by atoms with E-state index in [9.17, 15) is 39.5 Å². The predicted octanol–water partition coefficient (Wildman–Crippen LogP) is 7.12. The number of ether oxygens (including phenoxy) is 5. The molecule has 3 atom stereocenters. The molecule has 0 amide bonds. The van der Waals surface area contributed by atoms with Crippen molar-refractivity contribution < 1.29 is 63.2 Å². The molecular weight excluding hydrogens is 515 g/mol. The minimum absolute atomic E-state index is 0.0101. The van der Waals surface area contributed by atoms with Crippen molar-refractivity contribution in [2.24, 2.45) is 0 Å². The van der Waals surface area contributed by atoms with Crippen LogP contribution in [-0.2, 0) is 23.7 Å². The van der Waals surface area contributed by atoms with Gasteiger partial charge >= 0.3 is 18.5 Å². The quantitative estimate of drug-likeness (QED) is 0.168. The summed E-state index contributed by atoms with van der Waals surface area (Å²) in [5, 5.41) is 0. The highest BCUT2D eigenvalue weighted by molar-refractivity contribution is 4.75. The summed E-state index contributed by atoms with van der Waals surface area (Å²) in [4.78, 5) is 0. The standard InChI is InChI=1S/C9H14F6O2.C8H15F3O2.C5H12O/c1-3-6(2)16-4-5-17-7(8(10,11)12)9(13,14)15;1-3-7(2)13-5-4-12-6-8(9,10)11;1-4-5(2)6-3/h6-7H,3-5H2,1-2H3;7H,3-6H2,1-2H3;5H,4H2,1-3H3. The van der Waals surface area contributed by atoms with Gasteiger partial charge in [-0.05, 0) is 40.0 Å². The second-order valence-corrected chi connectivity index (χ2v) is 7.64. The molecule has 0 aliphatic heterocycles. The van der Waals surface area contributed by atoms with Crippen LogP contribution in [0.5, 0.6) is 0 Å². The fraction of sp³-hybridized carbons (Fsp3) is 1.00. The molecule has 0 bridgehead atoms. The third-order valence-electron chi connectivity index (χ3n) is 4.39. The van der Waals surface area contributed by atoms with Gasteiger partial charge in [0.2, 0.25) is 6.10 Å². The molecule has 0 aliphatic carbocycles. The second kappa shape index (κ2) is 21.1. The van der Waals surface area contributed by atoms with E-state index in [0.717, 1.165) is 12.8 Å². The first-order valence-corrected chi connectivity index (χ1v) is 11.5. The topological polar surface area (TPSA) is 46.2 Å². The molecule has 0 rings (SSSR count). The molecule has 0 aromatic carbocycles. The number of hydrogen-bond acceptors (Lipinski definition) is 5. The first kappa shape index (κ1) is 39.7. The zero-order valence-corrected chi connectivity index (χ0v) is 21.9. The molecule has 0 aliphatic rings. The van der Waals surface area contributed by atoms with E-state index in [1.807, 2.05) is 13.8 Å². The lowest BCUT2D eigenvalue weighted by molar-refractivity contribution is -0.323. The molecule has 0 heterocycles. The highest BCUT2D eigenvalue weighted by atomic mass is 19.4. The van der Waals surface area contributed by atoms with Crippen LogP contribution in [0.25, 0.3) is 0 Å². The zero-order chi connectivity index (χ0) is 29.0. The Balaban J connectivity index is -0.000000505. The van der Waals surface area contributed by atoms with Crippen LogP contribution in [0.4, 0.5) is 39.5 Å². The molecule has 0 aromatic heterocycles. The van der Waals surface area contributed by atoms with E-state index >= 15 is 0 Å². The molecule has 5 nitrogen and oxygen atoms in total. The van der Waals surface area contributed by atoms with E-state index in [0.29, 0.717) is 12.5 Å². The monoisotopic (exact) mass is 556 g/mol. The highest BCUT2D eigenvalue weighted by Crippen LogP contribution is 2.35. The smallest absolute Gasteiger partial charge is 0.382 e. The van der Waals surface area contributed by atoms with Gasteiger partial charge in [0.05, 0.1) is 44.7 Å². The molecule has 222 valence electrons. The summed E-state index contributed by atoms with van der Waals surface area (Å²) in [6.45, 7) is 9.35. The van der Waals surface area contributed by atoms with Crippen LogP contribution in [0.15, 0.2) is 0 Å². The van der Waals surface area contributed by atoms with Gasteiger partial charge in [0.25, 0.3) is 0 Å². The molecule has 0 fully saturated rings. The number of rotatable bonds is 14. The van der Waals surface area contributed by atoms with Gasteiger partial charge in [-0.2, -0.15) is 39.5 Å². The van der Waals surface area contributed by atoms with Gasteiger partial charge in [-0.1, -0.05) is 20.8 Å². The summed E-state index contributed by atoms with van der Waals surface area (Å²) >= 11 is 0. The summed E-state index contributed by atoms with van der Waals surface area (Å²) in [5.41, 5.74) is 0. The SMILES string of the molecule is CCC(C)OC.CCC(C)OCCOC(C(F)(F)F)C(F)(F)F.CCC(C)OCCOCC(F)(F)F. The molecule has 3 unspecified atom stereocenters. The molecule has 36 heavy (non-hydrogen) atoms. The Morgan fingerprint density at radius 3 is 1.19 bits per heavy atom. The van der Waals surface area contributed by atoms with Crippen LogP contribution >= 0.6 is 0 Å². The van der Waals surface area contributed by atoms with Crippen molar-refractivity contribution >= 4 is 0 Å². The van der Waals surface area contributed by atoms with Gasteiger partial charge in [-0.15, -0.1) is 0 Å². The fourth-order valence-corrected chi connectivity index (χ4v) is 1.69. The van der Waals surface area contributed by atoms with Crippen LogP contribution in [0, 0.1) is 0 Å². The largest absolute Gasteiger partial charge is 0.423 e. The molecule has 0 N–H and O–H groups in total. The van der Waals surface area contributed by atoms with Crippen LogP contribution < -0.4 is 0 Å². The lowest BCUT2D eigenvalue weighted by atomic mass is 10.3. The molecule has 0 radical (unpaired) electrons. The summed E-state index contributed by atoms with van der Waals surface area (Å²) in [5.74, 6) is 0. The first-order valence-electron chi connectivity index (χ1n) is 11.5. The number of alkyl halides is 9. The third-order valence-corrected chi connectivity index (χ3v) is 4.39. The predicted molar refractivity (Wildman–Crippen MR) is 117 cm³/mol. The zero-order valence-electron chi connectivity index (χ0n) is 21.9. The van der Waals surface area contributed by atoms with Crippen LogP contribution in [0.1, 0.15) is 60.8 Å². The Morgan fingerprint density at radius 1 is 0.556 bits per heavy atom. The maximum absolute atomic E-state index is 12.0. The van der Waals surface area contributed by atoms with Crippen LogP contribution in [0.3, 0.4) is 0 Å². The summed E-state index contributed by atoms with van der Waals surface area (Å²) in [6, 6.07) is 0. The first-order chi connectivity index (χ1) is 16.3. The maximum atomic E-state index is 12.0. The van der Waals surface area contributed by atoms with Crippen molar-refractivity contribution in [1.29, 1.82) is 0 Å². The Kier molecular flexibility index (Phi) is 23.3. The van der Waals surface area contributed by atoms with Gasteiger partial charge in [-0.25, -0.2) is 0 Å². The van der Waals surface area contributed by atoms with Crippen molar-refractivity contribution in [3.8, 4) is 0 Å². The van der Waals surface area contributed by atoms with Gasteiger partial charge in [0.15, 0.2) is 0 Å². The van der Waals surface area contributed by atoms with Crippen molar-refractivity contribution in [2.45, 2.75) is 104 Å². The second-order valence-electron chi connectivity index (χ2n) is 7.64. The van der Waals surface area contributed by atoms with Crippen LogP contribution in [-0.4, -0.2) is 83.1 Å². The molecule has 0 spiro atoms. The van der Waals surface area contributed by atoms with Crippen LogP contribution in [0.2, 0.25) is 0 Å². The average molecular weight is 557 g/mol. The van der Waals surface area contributed by atoms with E-state index in [1.54, 1.807) is 21.0 Å². The van der Waals surface area contributed by atoms with E-state index < -0.39 is 37.8 Å². The summed E-state index contributed by atoms with van der Waals surface area (Å²) in [7, 11) is 1.73. The summed E-state index contributed by atoms with van der Waals surface area (Å²) < 4.78 is 130.